The smallest absolute Gasteiger partial charge is 0.255 e. The number of likely N-dealkylation sites (N-methyl/N-ethyl adjacent to an activating group) is 1. The van der Waals surface area contributed by atoms with Crippen LogP contribution in [0.2, 0.25) is 0 Å². The number of ether oxygens (including phenoxy) is 1. The highest BCUT2D eigenvalue weighted by Gasteiger charge is 2.14. The fraction of sp³-hybridized carbons (Fsp3) is 0.455. The number of piperazine rings is 1. The number of nitrogens with zero attached hydrogens (tertiary/aromatic N) is 3. The summed E-state index contributed by atoms with van der Waals surface area (Å²) in [5, 5.41) is 2.87. The second-order valence-corrected chi connectivity index (χ2v) is 7.72. The van der Waals surface area contributed by atoms with Crippen LogP contribution >= 0.6 is 11.6 Å². The second kappa shape index (κ2) is 12.4. The van der Waals surface area contributed by atoms with Gasteiger partial charge in [0.1, 0.15) is 5.75 Å². The number of halogens is 1. The van der Waals surface area contributed by atoms with Crippen molar-refractivity contribution in [1.82, 2.24) is 15.1 Å². The van der Waals surface area contributed by atoms with Gasteiger partial charge >= 0.3 is 0 Å². The third kappa shape index (κ3) is 7.82. The Hall–Kier alpha value is -2.35. The first-order valence-corrected chi connectivity index (χ1v) is 10.6. The van der Waals surface area contributed by atoms with Crippen LogP contribution in [-0.2, 0) is 0 Å². The van der Waals surface area contributed by atoms with Crippen LogP contribution in [0.15, 0.2) is 46.7 Å². The Bertz CT molecular complexity index is 786. The second-order valence-electron chi connectivity index (χ2n) is 7.34. The van der Waals surface area contributed by atoms with Crippen LogP contribution in [0, 0.1) is 0 Å². The number of hydrogen-bond donors (Lipinski definition) is 2. The Morgan fingerprint density at radius 2 is 2.07 bits per heavy atom. The number of nitrogens with one attached hydrogen (secondary N) is 1. The summed E-state index contributed by atoms with van der Waals surface area (Å²) in [7, 11) is 2.13. The number of benzene rings is 1. The van der Waals surface area contributed by atoms with Gasteiger partial charge in [0.2, 0.25) is 0 Å². The first-order chi connectivity index (χ1) is 14.4. The number of nitrogens with two attached hydrogens (primary N) is 1. The van der Waals surface area contributed by atoms with Crippen molar-refractivity contribution in [3.8, 4) is 5.75 Å². The molecule has 30 heavy (non-hydrogen) atoms. The predicted octanol–water partition coefficient (Wildman–Crippen LogP) is 2.74. The van der Waals surface area contributed by atoms with Crippen molar-refractivity contribution in [3.63, 3.8) is 0 Å². The SMILES string of the molecule is C=N/C(=C\C=C(/C)NC(=O)c1ccc(OCCCCl)c(N)c1)CN1CCN(C)CC1. The van der Waals surface area contributed by atoms with E-state index >= 15 is 0 Å². The van der Waals surface area contributed by atoms with Gasteiger partial charge in [-0.25, -0.2) is 0 Å². The van der Waals surface area contributed by atoms with Gasteiger partial charge in [0.25, 0.3) is 5.91 Å². The van der Waals surface area contributed by atoms with Crippen molar-refractivity contribution < 1.29 is 9.53 Å². The molecule has 1 fully saturated rings. The first-order valence-electron chi connectivity index (χ1n) is 10.1. The van der Waals surface area contributed by atoms with E-state index in [9.17, 15) is 4.79 Å². The number of nitrogen functional groups attached to an aromatic ring is 1. The van der Waals surface area contributed by atoms with E-state index in [1.807, 2.05) is 19.1 Å². The lowest BCUT2D eigenvalue weighted by Crippen LogP contribution is -2.44. The van der Waals surface area contributed by atoms with Gasteiger partial charge in [0.15, 0.2) is 0 Å². The summed E-state index contributed by atoms with van der Waals surface area (Å²) in [5.74, 6) is 0.847. The van der Waals surface area contributed by atoms with Gasteiger partial charge in [-0.05, 0) is 57.5 Å². The van der Waals surface area contributed by atoms with Gasteiger partial charge < -0.3 is 20.7 Å². The molecule has 3 N–H and O–H groups in total. The number of carbonyl (C=O) groups is 1. The van der Waals surface area contributed by atoms with Crippen molar-refractivity contribution in [3.05, 3.63) is 47.3 Å². The third-order valence-electron chi connectivity index (χ3n) is 4.83. The van der Waals surface area contributed by atoms with E-state index < -0.39 is 0 Å². The average molecular weight is 434 g/mol. The summed E-state index contributed by atoms with van der Waals surface area (Å²) >= 11 is 5.64. The normalized spacial score (nSPS) is 16.4. The molecule has 1 aromatic rings. The number of rotatable bonds is 10. The van der Waals surface area contributed by atoms with Gasteiger partial charge in [-0.1, -0.05) is 0 Å². The molecule has 164 valence electrons. The third-order valence-corrected chi connectivity index (χ3v) is 5.10. The molecule has 1 aliphatic heterocycles. The molecule has 0 atom stereocenters. The lowest BCUT2D eigenvalue weighted by Gasteiger charge is -2.32. The van der Waals surface area contributed by atoms with Crippen LogP contribution < -0.4 is 15.8 Å². The molecule has 7 nitrogen and oxygen atoms in total. The Morgan fingerprint density at radius 3 is 2.70 bits per heavy atom. The van der Waals surface area contributed by atoms with E-state index in [1.54, 1.807) is 18.2 Å². The standard InChI is InChI=1S/C22H32ClN5O2/c1-17(5-7-19(25-2)16-28-12-10-27(3)11-13-28)26-22(29)18-6-8-21(20(24)15-18)30-14-4-9-23/h5-8,15H,2,4,9-14,16,24H2,1,3H3,(H,26,29)/b17-5+,19-7-. The molecule has 0 saturated carbocycles. The molecule has 0 aliphatic carbocycles. The highest BCUT2D eigenvalue weighted by molar-refractivity contribution is 6.17. The van der Waals surface area contributed by atoms with E-state index in [0.29, 0.717) is 35.2 Å². The zero-order valence-electron chi connectivity index (χ0n) is 17.9. The zero-order valence-corrected chi connectivity index (χ0v) is 18.6. The molecule has 0 radical (unpaired) electrons. The summed E-state index contributed by atoms with van der Waals surface area (Å²) < 4.78 is 5.56. The minimum absolute atomic E-state index is 0.233. The molecule has 8 heteroatoms. The molecule has 1 aliphatic rings. The van der Waals surface area contributed by atoms with Crippen LogP contribution in [0.4, 0.5) is 5.69 Å². The fourth-order valence-electron chi connectivity index (χ4n) is 2.96. The molecular weight excluding hydrogens is 402 g/mol. The van der Waals surface area contributed by atoms with Crippen molar-refractivity contribution in [2.75, 3.05) is 58.0 Å². The molecule has 1 aromatic carbocycles. The van der Waals surface area contributed by atoms with Crippen LogP contribution in [0.5, 0.6) is 5.75 Å². The van der Waals surface area contributed by atoms with Crippen LogP contribution in [0.1, 0.15) is 23.7 Å². The maximum absolute atomic E-state index is 12.5. The van der Waals surface area contributed by atoms with Gasteiger partial charge in [-0.15, -0.1) is 11.6 Å². The Balaban J connectivity index is 1.93. The molecular formula is C22H32ClN5O2. The van der Waals surface area contributed by atoms with Crippen LogP contribution in [0.25, 0.3) is 0 Å². The molecule has 0 bridgehead atoms. The minimum Gasteiger partial charge on any atom is -0.491 e. The highest BCUT2D eigenvalue weighted by atomic mass is 35.5. The number of alkyl halides is 1. The summed E-state index contributed by atoms with van der Waals surface area (Å²) in [6, 6.07) is 5.00. The molecule has 0 aromatic heterocycles. The van der Waals surface area contributed by atoms with Crippen LogP contribution in [-0.4, -0.2) is 74.7 Å². The number of allylic oxidation sites excluding steroid dienone is 3. The quantitative estimate of drug-likeness (QED) is 0.195. The molecule has 1 saturated heterocycles. The molecule has 0 spiro atoms. The van der Waals surface area contributed by atoms with Crippen molar-refractivity contribution >= 4 is 29.9 Å². The van der Waals surface area contributed by atoms with Crippen molar-refractivity contribution in [2.45, 2.75) is 13.3 Å². The number of amides is 1. The van der Waals surface area contributed by atoms with E-state index in [1.165, 1.54) is 0 Å². The number of aliphatic imine (C=N–C) groups is 1. The van der Waals surface area contributed by atoms with Crippen molar-refractivity contribution in [2.24, 2.45) is 4.99 Å². The largest absolute Gasteiger partial charge is 0.491 e. The van der Waals surface area contributed by atoms with Gasteiger partial charge in [-0.3, -0.25) is 14.7 Å². The molecule has 0 unspecified atom stereocenters. The topological polar surface area (TPSA) is 83.2 Å². The molecule has 1 heterocycles. The average Bonchev–Trinajstić information content (AvgIpc) is 2.73. The van der Waals surface area contributed by atoms with E-state index in [4.69, 9.17) is 22.1 Å². The number of anilines is 1. The zero-order chi connectivity index (χ0) is 21.9. The summed E-state index contributed by atoms with van der Waals surface area (Å²) in [4.78, 5) is 21.3. The van der Waals surface area contributed by atoms with Gasteiger partial charge in [0.05, 0.1) is 18.0 Å². The number of carbonyl (C=O) groups excluding carboxylic acids is 1. The van der Waals surface area contributed by atoms with Gasteiger partial charge in [0, 0.05) is 49.9 Å². The fourth-order valence-corrected chi connectivity index (χ4v) is 3.07. The van der Waals surface area contributed by atoms with Crippen molar-refractivity contribution in [1.29, 1.82) is 0 Å². The van der Waals surface area contributed by atoms with E-state index in [-0.39, 0.29) is 5.91 Å². The maximum Gasteiger partial charge on any atom is 0.255 e. The summed E-state index contributed by atoms with van der Waals surface area (Å²) in [6.45, 7) is 10.9. The summed E-state index contributed by atoms with van der Waals surface area (Å²) in [5.41, 5.74) is 8.46. The van der Waals surface area contributed by atoms with Gasteiger partial charge in [-0.2, -0.15) is 0 Å². The first kappa shape index (κ1) is 23.9. The lowest BCUT2D eigenvalue weighted by atomic mass is 10.1. The highest BCUT2D eigenvalue weighted by Crippen LogP contribution is 2.23. The number of hydrogen-bond acceptors (Lipinski definition) is 6. The molecule has 2 rings (SSSR count). The summed E-state index contributed by atoms with van der Waals surface area (Å²) in [6.07, 6.45) is 4.46. The van der Waals surface area contributed by atoms with E-state index in [0.717, 1.165) is 44.8 Å². The molecule has 1 amide bonds. The Labute approximate surface area is 184 Å². The lowest BCUT2D eigenvalue weighted by molar-refractivity contribution is 0.0966. The minimum atomic E-state index is -0.233. The monoisotopic (exact) mass is 433 g/mol. The Morgan fingerprint density at radius 1 is 1.33 bits per heavy atom. The van der Waals surface area contributed by atoms with Crippen LogP contribution in [0.3, 0.4) is 0 Å². The Kier molecular flexibility index (Phi) is 9.86. The maximum atomic E-state index is 12.5. The van der Waals surface area contributed by atoms with E-state index in [2.05, 4.69) is 33.9 Å². The predicted molar refractivity (Wildman–Crippen MR) is 124 cm³/mol.